The van der Waals surface area contributed by atoms with E-state index in [-0.39, 0.29) is 11.9 Å². The van der Waals surface area contributed by atoms with Gasteiger partial charge in [0.15, 0.2) is 5.82 Å². The third kappa shape index (κ3) is 4.27. The molecule has 1 atom stereocenters. The van der Waals surface area contributed by atoms with Crippen LogP contribution in [0, 0.1) is 24.7 Å². The fourth-order valence-electron chi connectivity index (χ4n) is 3.41. The number of ether oxygens (including phenoxy) is 1. The van der Waals surface area contributed by atoms with E-state index in [0.29, 0.717) is 30.5 Å². The van der Waals surface area contributed by atoms with Crippen molar-refractivity contribution in [3.8, 4) is 11.8 Å². The molecule has 2 aromatic heterocycles. The number of aromatic nitrogens is 3. The van der Waals surface area contributed by atoms with Gasteiger partial charge in [-0.3, -0.25) is 9.78 Å². The highest BCUT2D eigenvalue weighted by atomic mass is 16.5. The molecular formula is C24H24N4O2. The molecule has 30 heavy (non-hydrogen) atoms. The average Bonchev–Trinajstić information content (AvgIpc) is 3.16. The minimum absolute atomic E-state index is 0.211. The average molecular weight is 400 g/mol. The molecule has 1 aromatic carbocycles. The lowest BCUT2D eigenvalue weighted by atomic mass is 10.0. The lowest BCUT2D eigenvalue weighted by molar-refractivity contribution is 0.0397. The number of imidazole rings is 1. The summed E-state index contributed by atoms with van der Waals surface area (Å²) in [5.41, 5.74) is 3.19. The van der Waals surface area contributed by atoms with Crippen LogP contribution in [-0.4, -0.2) is 27.0 Å². The van der Waals surface area contributed by atoms with Crippen LogP contribution in [0.25, 0.3) is 0 Å². The van der Waals surface area contributed by atoms with Crippen molar-refractivity contribution < 1.29 is 9.53 Å². The maximum Gasteiger partial charge on any atom is 0.256 e. The van der Waals surface area contributed by atoms with E-state index in [2.05, 4.69) is 45.5 Å². The molecule has 3 heterocycles. The number of rotatable bonds is 3. The third-order valence-corrected chi connectivity index (χ3v) is 5.20. The van der Waals surface area contributed by atoms with Crippen LogP contribution in [-0.2, 0) is 11.3 Å². The van der Waals surface area contributed by atoms with Crippen molar-refractivity contribution >= 4 is 11.7 Å². The minimum atomic E-state index is -0.211. The zero-order valence-electron chi connectivity index (χ0n) is 17.3. The first-order valence-electron chi connectivity index (χ1n) is 10.0. The Labute approximate surface area is 176 Å². The quantitative estimate of drug-likeness (QED) is 0.676. The van der Waals surface area contributed by atoms with E-state index < -0.39 is 0 Å². The zero-order valence-corrected chi connectivity index (χ0v) is 17.3. The number of fused-ring (bicyclic) bond motifs is 1. The number of carbonyl (C=O) groups excluding carboxylic acids is 1. The van der Waals surface area contributed by atoms with Crippen molar-refractivity contribution in [1.82, 2.24) is 14.5 Å². The number of nitrogens with one attached hydrogen (secondary N) is 1. The van der Waals surface area contributed by atoms with Gasteiger partial charge in [-0.05, 0) is 42.7 Å². The van der Waals surface area contributed by atoms with Crippen LogP contribution in [0.4, 0.5) is 5.82 Å². The Kier molecular flexibility index (Phi) is 5.64. The lowest BCUT2D eigenvalue weighted by Gasteiger charge is -2.28. The van der Waals surface area contributed by atoms with Gasteiger partial charge in [-0.1, -0.05) is 31.8 Å². The Morgan fingerprint density at radius 1 is 1.30 bits per heavy atom. The molecule has 152 valence electrons. The number of hydrogen-bond donors (Lipinski definition) is 1. The van der Waals surface area contributed by atoms with E-state index in [4.69, 9.17) is 4.74 Å². The Hall–Kier alpha value is -3.43. The summed E-state index contributed by atoms with van der Waals surface area (Å²) in [7, 11) is 0. The second kappa shape index (κ2) is 8.52. The van der Waals surface area contributed by atoms with Crippen LogP contribution in [0.15, 0.2) is 48.9 Å². The minimum Gasteiger partial charge on any atom is -0.371 e. The van der Waals surface area contributed by atoms with Crippen molar-refractivity contribution in [3.63, 3.8) is 0 Å². The number of aryl methyl sites for hydroxylation is 1. The van der Waals surface area contributed by atoms with Gasteiger partial charge in [0, 0.05) is 35.3 Å². The SMILES string of the molecule is Cc1ccc(C(=O)Nc2cn3c(n2)COCC3C(C)C)cc1C#Cc1cccnc1. The first-order valence-corrected chi connectivity index (χ1v) is 10.0. The normalized spacial score (nSPS) is 15.3. The summed E-state index contributed by atoms with van der Waals surface area (Å²) >= 11 is 0. The maximum atomic E-state index is 12.8. The second-order valence-corrected chi connectivity index (χ2v) is 7.75. The summed E-state index contributed by atoms with van der Waals surface area (Å²) in [6.45, 7) is 7.40. The molecule has 6 nitrogen and oxygen atoms in total. The second-order valence-electron chi connectivity index (χ2n) is 7.75. The topological polar surface area (TPSA) is 69.0 Å². The molecule has 1 aliphatic heterocycles. The molecule has 1 unspecified atom stereocenters. The molecule has 0 spiro atoms. The van der Waals surface area contributed by atoms with Crippen molar-refractivity contribution in [2.45, 2.75) is 33.4 Å². The third-order valence-electron chi connectivity index (χ3n) is 5.20. The molecule has 4 rings (SSSR count). The molecule has 1 N–H and O–H groups in total. The van der Waals surface area contributed by atoms with Crippen LogP contribution >= 0.6 is 0 Å². The molecular weight excluding hydrogens is 376 g/mol. The maximum absolute atomic E-state index is 12.8. The number of pyridine rings is 1. The monoisotopic (exact) mass is 400 g/mol. The van der Waals surface area contributed by atoms with Crippen molar-refractivity contribution in [2.24, 2.45) is 5.92 Å². The first-order chi connectivity index (χ1) is 14.5. The summed E-state index contributed by atoms with van der Waals surface area (Å²) in [4.78, 5) is 21.4. The van der Waals surface area contributed by atoms with Gasteiger partial charge in [0.2, 0.25) is 0 Å². The molecule has 0 radical (unpaired) electrons. The summed E-state index contributed by atoms with van der Waals surface area (Å²) in [6, 6.07) is 9.49. The highest BCUT2D eigenvalue weighted by molar-refractivity contribution is 6.04. The van der Waals surface area contributed by atoms with Gasteiger partial charge in [-0.2, -0.15) is 0 Å². The number of hydrogen-bond acceptors (Lipinski definition) is 4. The smallest absolute Gasteiger partial charge is 0.256 e. The molecule has 1 amide bonds. The van der Waals surface area contributed by atoms with Crippen LogP contribution in [0.2, 0.25) is 0 Å². The molecule has 0 aliphatic carbocycles. The van der Waals surface area contributed by atoms with Crippen LogP contribution < -0.4 is 5.32 Å². The molecule has 0 saturated carbocycles. The molecule has 0 fully saturated rings. The van der Waals surface area contributed by atoms with E-state index in [1.807, 2.05) is 37.4 Å². The molecule has 0 bridgehead atoms. The van der Waals surface area contributed by atoms with E-state index in [9.17, 15) is 4.79 Å². The predicted octanol–water partition coefficient (Wildman–Crippen LogP) is 3.97. The molecule has 1 aliphatic rings. The summed E-state index contributed by atoms with van der Waals surface area (Å²) < 4.78 is 7.76. The van der Waals surface area contributed by atoms with Gasteiger partial charge >= 0.3 is 0 Å². The van der Waals surface area contributed by atoms with E-state index in [1.165, 1.54) is 0 Å². The van der Waals surface area contributed by atoms with Gasteiger partial charge < -0.3 is 14.6 Å². The fourth-order valence-corrected chi connectivity index (χ4v) is 3.41. The van der Waals surface area contributed by atoms with Crippen molar-refractivity contribution in [2.75, 3.05) is 11.9 Å². The van der Waals surface area contributed by atoms with E-state index in [1.54, 1.807) is 18.5 Å². The fraction of sp³-hybridized carbons (Fsp3) is 0.292. The molecule has 3 aromatic rings. The Bertz CT molecular complexity index is 1120. The Balaban J connectivity index is 1.54. The molecule has 6 heteroatoms. The van der Waals surface area contributed by atoms with Crippen LogP contribution in [0.5, 0.6) is 0 Å². The lowest BCUT2D eigenvalue weighted by Crippen LogP contribution is -2.27. The van der Waals surface area contributed by atoms with E-state index >= 15 is 0 Å². The standard InChI is InChI=1S/C24H24N4O2/c1-16(2)21-14-30-15-23-26-22(13-28(21)23)27-24(29)20-8-6-17(3)19(11-20)9-7-18-5-4-10-25-12-18/h4-6,8,10-13,16,21H,14-15H2,1-3H3,(H,27,29). The van der Waals surface area contributed by atoms with Gasteiger partial charge in [0.05, 0.1) is 12.6 Å². The zero-order chi connectivity index (χ0) is 21.1. The summed E-state index contributed by atoms with van der Waals surface area (Å²) in [5, 5.41) is 2.91. The number of anilines is 1. The van der Waals surface area contributed by atoms with Gasteiger partial charge in [0.25, 0.3) is 5.91 Å². The Morgan fingerprint density at radius 2 is 2.17 bits per heavy atom. The Morgan fingerprint density at radius 3 is 2.93 bits per heavy atom. The predicted molar refractivity (Wildman–Crippen MR) is 115 cm³/mol. The number of amides is 1. The molecule has 0 saturated heterocycles. The van der Waals surface area contributed by atoms with Crippen molar-refractivity contribution in [3.05, 3.63) is 77.0 Å². The highest BCUT2D eigenvalue weighted by Gasteiger charge is 2.25. The van der Waals surface area contributed by atoms with Crippen molar-refractivity contribution in [1.29, 1.82) is 0 Å². The van der Waals surface area contributed by atoms with Gasteiger partial charge in [-0.15, -0.1) is 0 Å². The summed E-state index contributed by atoms with van der Waals surface area (Å²) in [5.74, 6) is 7.81. The number of nitrogens with zero attached hydrogens (tertiary/aromatic N) is 3. The highest BCUT2D eigenvalue weighted by Crippen LogP contribution is 2.27. The first kappa shape index (κ1) is 19.9. The van der Waals surface area contributed by atoms with Crippen LogP contribution in [0.3, 0.4) is 0 Å². The largest absolute Gasteiger partial charge is 0.371 e. The van der Waals surface area contributed by atoms with Gasteiger partial charge in [0.1, 0.15) is 12.4 Å². The summed E-state index contributed by atoms with van der Waals surface area (Å²) in [6.07, 6.45) is 5.33. The van der Waals surface area contributed by atoms with Crippen LogP contribution in [0.1, 0.15) is 52.8 Å². The van der Waals surface area contributed by atoms with Gasteiger partial charge in [-0.25, -0.2) is 4.98 Å². The number of carbonyl (C=O) groups is 1. The number of benzene rings is 1. The van der Waals surface area contributed by atoms with E-state index in [0.717, 1.165) is 22.5 Å².